The smallest absolute Gasteiger partial charge is 0.344 e. The molecule has 2 aromatic carbocycles. The number of H-pyrrole nitrogens is 1. The van der Waals surface area contributed by atoms with E-state index in [1.165, 1.54) is 26.7 Å². The van der Waals surface area contributed by atoms with E-state index in [-0.39, 0.29) is 6.04 Å². The van der Waals surface area contributed by atoms with Crippen LogP contribution < -0.4 is 9.64 Å². The lowest BCUT2D eigenvalue weighted by Gasteiger charge is -2.63. The quantitative estimate of drug-likeness (QED) is 0.144. The molecule has 3 aromatic rings. The number of aromatic nitrogens is 1. The van der Waals surface area contributed by atoms with E-state index in [1.54, 1.807) is 7.11 Å². The van der Waals surface area contributed by atoms with Gasteiger partial charge in [0.2, 0.25) is 5.60 Å². The predicted octanol–water partition coefficient (Wildman–Crippen LogP) is 5.53. The molecular formula is C46H58N4O8. The van der Waals surface area contributed by atoms with E-state index in [4.69, 9.17) is 18.9 Å². The molecule has 2 fully saturated rings. The van der Waals surface area contributed by atoms with Crippen molar-refractivity contribution in [2.24, 2.45) is 5.41 Å². The summed E-state index contributed by atoms with van der Waals surface area (Å²) in [5.74, 6) is -1.40. The third kappa shape index (κ3) is 5.26. The summed E-state index contributed by atoms with van der Waals surface area (Å²) in [7, 11) is 6.17. The van der Waals surface area contributed by atoms with Crippen LogP contribution in [0, 0.1) is 5.41 Å². The second-order valence-electron chi connectivity index (χ2n) is 16.9. The fourth-order valence-electron chi connectivity index (χ4n) is 12.3. The Morgan fingerprint density at radius 1 is 1.03 bits per heavy atom. The number of ether oxygens (including phenoxy) is 4. The molecule has 310 valence electrons. The zero-order chi connectivity index (χ0) is 41.4. The van der Waals surface area contributed by atoms with Crippen LogP contribution in [0.2, 0.25) is 0 Å². The number of methoxy groups -OCH3 is 3. The average Bonchev–Trinajstić information content (AvgIpc) is 3.89. The summed E-state index contributed by atoms with van der Waals surface area (Å²) in [5, 5.41) is 14.3. The van der Waals surface area contributed by atoms with Crippen LogP contribution in [0.3, 0.4) is 0 Å². The molecule has 0 bridgehead atoms. The van der Waals surface area contributed by atoms with Crippen molar-refractivity contribution < 1.29 is 38.4 Å². The zero-order valence-electron chi connectivity index (χ0n) is 35.1. The number of aromatic amines is 1. The Labute approximate surface area is 341 Å². The first-order chi connectivity index (χ1) is 27.9. The highest BCUT2D eigenvalue weighted by atomic mass is 16.6. The van der Waals surface area contributed by atoms with Crippen molar-refractivity contribution in [2.45, 2.75) is 101 Å². The van der Waals surface area contributed by atoms with E-state index in [1.807, 2.05) is 44.0 Å². The average molecular weight is 795 g/mol. The number of rotatable bonds is 11. The first-order valence-electron chi connectivity index (χ1n) is 20.8. The first kappa shape index (κ1) is 40.1. The summed E-state index contributed by atoms with van der Waals surface area (Å²) in [6, 6.07) is 11.1. The number of aliphatic hydroxyl groups is 1. The van der Waals surface area contributed by atoms with Gasteiger partial charge in [-0.1, -0.05) is 62.8 Å². The predicted molar refractivity (Wildman–Crippen MR) is 221 cm³/mol. The van der Waals surface area contributed by atoms with Crippen molar-refractivity contribution in [2.75, 3.05) is 59.5 Å². The van der Waals surface area contributed by atoms with Gasteiger partial charge in [0, 0.05) is 90.9 Å². The molecule has 4 aliphatic heterocycles. The van der Waals surface area contributed by atoms with Gasteiger partial charge in [0.25, 0.3) is 0 Å². The summed E-state index contributed by atoms with van der Waals surface area (Å²) in [5.41, 5.74) is 0.961. The topological polar surface area (TPSA) is 134 Å². The van der Waals surface area contributed by atoms with Crippen molar-refractivity contribution in [3.63, 3.8) is 0 Å². The number of anilines is 1. The lowest BCUT2D eigenvalue weighted by Crippen LogP contribution is -2.81. The van der Waals surface area contributed by atoms with Crippen molar-refractivity contribution in [3.05, 3.63) is 82.6 Å². The van der Waals surface area contributed by atoms with Gasteiger partial charge < -0.3 is 33.9 Å². The molecule has 1 unspecified atom stereocenters. The lowest BCUT2D eigenvalue weighted by molar-refractivity contribution is -0.228. The lowest BCUT2D eigenvalue weighted by atomic mass is 9.47. The number of nitrogens with zero attached hydrogens (tertiary/aromatic N) is 3. The molecule has 2 N–H and O–H groups in total. The van der Waals surface area contributed by atoms with E-state index < -0.39 is 51.9 Å². The Kier molecular flexibility index (Phi) is 10.1. The molecule has 5 heterocycles. The fraction of sp³-hybridized carbons (Fsp3) is 0.543. The number of hydrogen-bond acceptors (Lipinski definition) is 11. The Morgan fingerprint density at radius 2 is 1.81 bits per heavy atom. The molecule has 1 saturated carbocycles. The maximum absolute atomic E-state index is 15.0. The van der Waals surface area contributed by atoms with Gasteiger partial charge in [0.1, 0.15) is 11.2 Å². The molecule has 7 atom stereocenters. The van der Waals surface area contributed by atoms with Crippen LogP contribution in [-0.4, -0.2) is 116 Å². The Bertz CT molecular complexity index is 2210. The molecule has 58 heavy (non-hydrogen) atoms. The molecule has 1 spiro atoms. The number of hydrogen-bond donors (Lipinski definition) is 2. The number of carbonyl (C=O) groups excluding carboxylic acids is 3. The fourth-order valence-corrected chi connectivity index (χ4v) is 12.3. The third-order valence-corrected chi connectivity index (χ3v) is 14.6. The van der Waals surface area contributed by atoms with Crippen molar-refractivity contribution in [3.8, 4) is 5.75 Å². The van der Waals surface area contributed by atoms with Crippen LogP contribution in [0.15, 0.2) is 60.2 Å². The summed E-state index contributed by atoms with van der Waals surface area (Å²) < 4.78 is 23.7. The molecule has 0 amide bonds. The van der Waals surface area contributed by atoms with Crippen LogP contribution in [0.25, 0.3) is 10.9 Å². The van der Waals surface area contributed by atoms with Gasteiger partial charge in [-0.3, -0.25) is 19.4 Å². The highest BCUT2D eigenvalue weighted by Gasteiger charge is 2.80. The second-order valence-corrected chi connectivity index (χ2v) is 16.9. The molecule has 8 rings (SSSR count). The van der Waals surface area contributed by atoms with E-state index in [9.17, 15) is 19.5 Å². The Morgan fingerprint density at radius 3 is 2.48 bits per heavy atom. The summed E-state index contributed by atoms with van der Waals surface area (Å²) in [6.45, 7) is 11.3. The maximum atomic E-state index is 15.0. The maximum Gasteiger partial charge on any atom is 0.344 e. The first-order valence-corrected chi connectivity index (χ1v) is 20.8. The number of fused-ring (bicyclic) bond motifs is 2. The van der Waals surface area contributed by atoms with E-state index in [0.717, 1.165) is 59.3 Å². The minimum Gasteiger partial charge on any atom is -0.496 e. The van der Waals surface area contributed by atoms with Crippen LogP contribution in [0.5, 0.6) is 5.75 Å². The van der Waals surface area contributed by atoms with Gasteiger partial charge >= 0.3 is 17.9 Å². The van der Waals surface area contributed by atoms with Crippen LogP contribution in [-0.2, 0) is 46.0 Å². The van der Waals surface area contributed by atoms with Crippen molar-refractivity contribution in [1.29, 1.82) is 0 Å². The standard InChI is InChI=1S/C46H58N4O8/c1-9-29-16-14-21-49(26-29)27-31-30-17-12-13-18-34(30)47-37(31)44(11-3,41(52)56-7)33-24-32-35(25-36(33)55-6)48(5)39-45(32)20-23-50-22-15-19-43(10-2,38(45)50)40(58-28(4)51)46(39,54)42(53)57-8/h12-13,15-19,24-25,38-40,47,54H,9-11,14,20-23,26-27H2,1-8H3/t38-,39+,40+,43-,44?,45+,46-/m0/s1. The largest absolute Gasteiger partial charge is 0.496 e. The minimum absolute atomic E-state index is 0.281. The summed E-state index contributed by atoms with van der Waals surface area (Å²) in [4.78, 5) is 52.8. The van der Waals surface area contributed by atoms with Gasteiger partial charge in [0.15, 0.2) is 6.10 Å². The molecule has 1 saturated heterocycles. The molecule has 12 heteroatoms. The number of benzene rings is 2. The van der Waals surface area contributed by atoms with Crippen molar-refractivity contribution >= 4 is 34.5 Å². The van der Waals surface area contributed by atoms with Crippen LogP contribution in [0.4, 0.5) is 5.69 Å². The number of carbonyl (C=O) groups is 3. The number of nitrogens with one attached hydrogen (secondary N) is 1. The van der Waals surface area contributed by atoms with Gasteiger partial charge in [-0.05, 0) is 61.9 Å². The molecule has 1 aromatic heterocycles. The number of para-hydroxylation sites is 1. The second kappa shape index (κ2) is 14.6. The third-order valence-electron chi connectivity index (χ3n) is 14.6. The highest BCUT2D eigenvalue weighted by molar-refractivity contribution is 5.94. The SMILES string of the molecule is CCC1=CCCN(Cc2c(C(CC)(C(=O)OC)c3cc4c(cc3OC)N(C)[C@H]3[C@@](O)(C(=O)OC)[C@H](OC(C)=O)[C@@]5(CC)C=CCN6CC[C@]43[C@@H]65)[nH]c3ccccc23)C1. The van der Waals surface area contributed by atoms with Gasteiger partial charge in [0.05, 0.1) is 27.4 Å². The van der Waals surface area contributed by atoms with Gasteiger partial charge in [-0.15, -0.1) is 0 Å². The number of likely N-dealkylation sites (N-methyl/N-ethyl adjacent to an activating group) is 1. The Balaban J connectivity index is 1.41. The monoisotopic (exact) mass is 794 g/mol. The van der Waals surface area contributed by atoms with Crippen molar-refractivity contribution in [1.82, 2.24) is 14.8 Å². The van der Waals surface area contributed by atoms with Gasteiger partial charge in [-0.25, -0.2) is 4.79 Å². The van der Waals surface area contributed by atoms with E-state index >= 15 is 0 Å². The molecular weight excluding hydrogens is 737 g/mol. The van der Waals surface area contributed by atoms with Crippen LogP contribution >= 0.6 is 0 Å². The molecule has 1 aliphatic carbocycles. The van der Waals surface area contributed by atoms with Gasteiger partial charge in [-0.2, -0.15) is 0 Å². The normalized spacial score (nSPS) is 29.9. The number of esters is 3. The van der Waals surface area contributed by atoms with E-state index in [0.29, 0.717) is 50.2 Å². The molecule has 0 radical (unpaired) electrons. The zero-order valence-corrected chi connectivity index (χ0v) is 35.1. The minimum atomic E-state index is -2.28. The Hall–Kier alpha value is -4.65. The summed E-state index contributed by atoms with van der Waals surface area (Å²) >= 11 is 0. The van der Waals surface area contributed by atoms with E-state index in [2.05, 4.69) is 58.1 Å². The summed E-state index contributed by atoms with van der Waals surface area (Å²) in [6.07, 6.45) is 8.59. The van der Waals surface area contributed by atoms with Crippen LogP contribution in [0.1, 0.15) is 82.2 Å². The highest BCUT2D eigenvalue weighted by Crippen LogP contribution is 2.68. The molecule has 12 nitrogen and oxygen atoms in total. The molecule has 5 aliphatic rings.